The van der Waals surface area contributed by atoms with Crippen molar-refractivity contribution in [1.82, 2.24) is 0 Å². The Balaban J connectivity index is 2.00. The average molecular weight is 367 g/mol. The molecule has 0 bridgehead atoms. The number of hydrogen-bond donors (Lipinski definition) is 2. The Morgan fingerprint density at radius 3 is 2.29 bits per heavy atom. The molecule has 2 N–H and O–H groups in total. The molecule has 0 saturated carbocycles. The molecule has 126 valence electrons. The van der Waals surface area contributed by atoms with Gasteiger partial charge in [-0.25, -0.2) is 0 Å². The van der Waals surface area contributed by atoms with E-state index in [-0.39, 0.29) is 24.8 Å². The topological polar surface area (TPSA) is 67.4 Å². The number of hydrogen-bond acceptors (Lipinski definition) is 3. The fourth-order valence-electron chi connectivity index (χ4n) is 2.05. The van der Waals surface area contributed by atoms with Gasteiger partial charge in [-0.2, -0.15) is 0 Å². The zero-order valence-electron chi connectivity index (χ0n) is 12.9. The van der Waals surface area contributed by atoms with E-state index in [1.165, 1.54) is 7.11 Å². The number of methoxy groups -OCH3 is 1. The third kappa shape index (κ3) is 5.53. The van der Waals surface area contributed by atoms with Gasteiger partial charge in [0.2, 0.25) is 11.8 Å². The van der Waals surface area contributed by atoms with Gasteiger partial charge in [-0.05, 0) is 35.9 Å². The normalized spacial score (nSPS) is 10.3. The maximum atomic E-state index is 12.1. The number of carbonyl (C=O) groups is 2. The van der Waals surface area contributed by atoms with Crippen molar-refractivity contribution in [2.45, 2.75) is 6.42 Å². The van der Waals surface area contributed by atoms with Gasteiger partial charge in [0, 0.05) is 28.5 Å². The van der Waals surface area contributed by atoms with Crippen LogP contribution in [0.25, 0.3) is 0 Å². The van der Waals surface area contributed by atoms with Gasteiger partial charge < -0.3 is 15.4 Å². The van der Waals surface area contributed by atoms with Crippen LogP contribution < -0.4 is 10.6 Å². The van der Waals surface area contributed by atoms with Crippen molar-refractivity contribution in [2.24, 2.45) is 0 Å². The molecule has 0 aliphatic heterocycles. The van der Waals surface area contributed by atoms with Crippen LogP contribution in [0.2, 0.25) is 10.0 Å². The molecule has 2 aromatic rings. The smallest absolute Gasteiger partial charge is 0.250 e. The fraction of sp³-hybridized carbons (Fsp3) is 0.176. The van der Waals surface area contributed by atoms with Crippen molar-refractivity contribution in [2.75, 3.05) is 24.4 Å². The molecule has 0 fully saturated rings. The van der Waals surface area contributed by atoms with Crippen molar-refractivity contribution >= 4 is 46.4 Å². The van der Waals surface area contributed by atoms with Crippen LogP contribution in [0.15, 0.2) is 42.5 Å². The van der Waals surface area contributed by atoms with Gasteiger partial charge >= 0.3 is 0 Å². The summed E-state index contributed by atoms with van der Waals surface area (Å²) in [5.74, 6) is -0.492. The third-order valence-corrected chi connectivity index (χ3v) is 3.66. The van der Waals surface area contributed by atoms with E-state index in [1.807, 2.05) is 0 Å². The minimum Gasteiger partial charge on any atom is -0.375 e. The molecule has 0 aliphatic rings. The van der Waals surface area contributed by atoms with E-state index >= 15 is 0 Å². The molecular weight excluding hydrogens is 351 g/mol. The second kappa shape index (κ2) is 8.68. The Morgan fingerprint density at radius 1 is 1.00 bits per heavy atom. The standard InChI is InChI=1S/C17H16Cl2N2O3/c1-24-10-17(23)21-14-4-2-3-13(9-14)20-16(22)7-11-5-6-12(18)8-15(11)19/h2-6,8-9H,7,10H2,1H3,(H,20,22)(H,21,23). The number of rotatable bonds is 6. The number of benzene rings is 2. The van der Waals surface area contributed by atoms with Gasteiger partial charge in [0.25, 0.3) is 0 Å². The second-order valence-electron chi connectivity index (χ2n) is 5.02. The predicted octanol–water partition coefficient (Wildman–Crippen LogP) is 3.76. The summed E-state index contributed by atoms with van der Waals surface area (Å²) in [6.45, 7) is -0.0361. The summed E-state index contributed by atoms with van der Waals surface area (Å²) in [6.07, 6.45) is 0.121. The number of amides is 2. The van der Waals surface area contributed by atoms with Crippen LogP contribution in [-0.2, 0) is 20.7 Å². The van der Waals surface area contributed by atoms with Crippen LogP contribution in [0.1, 0.15) is 5.56 Å². The zero-order chi connectivity index (χ0) is 17.5. The monoisotopic (exact) mass is 366 g/mol. The fourth-order valence-corrected chi connectivity index (χ4v) is 2.52. The quantitative estimate of drug-likeness (QED) is 0.817. The molecule has 2 amide bonds. The summed E-state index contributed by atoms with van der Waals surface area (Å²) in [5.41, 5.74) is 1.82. The molecule has 0 spiro atoms. The van der Waals surface area contributed by atoms with Gasteiger partial charge in [-0.3, -0.25) is 9.59 Å². The molecule has 0 aromatic heterocycles. The first-order chi connectivity index (χ1) is 11.5. The van der Waals surface area contributed by atoms with Crippen molar-refractivity contribution in [3.63, 3.8) is 0 Å². The molecule has 2 aromatic carbocycles. The average Bonchev–Trinajstić information content (AvgIpc) is 2.50. The summed E-state index contributed by atoms with van der Waals surface area (Å²) in [7, 11) is 1.44. The summed E-state index contributed by atoms with van der Waals surface area (Å²) in [5, 5.41) is 6.40. The largest absolute Gasteiger partial charge is 0.375 e. The molecule has 0 saturated heterocycles. The summed E-state index contributed by atoms with van der Waals surface area (Å²) < 4.78 is 4.75. The maximum absolute atomic E-state index is 12.1. The van der Waals surface area contributed by atoms with Gasteiger partial charge in [0.1, 0.15) is 6.61 Å². The zero-order valence-corrected chi connectivity index (χ0v) is 14.4. The highest BCUT2D eigenvalue weighted by molar-refractivity contribution is 6.35. The van der Waals surface area contributed by atoms with Crippen LogP contribution in [0, 0.1) is 0 Å². The van der Waals surface area contributed by atoms with E-state index in [4.69, 9.17) is 27.9 Å². The lowest BCUT2D eigenvalue weighted by Gasteiger charge is -2.09. The van der Waals surface area contributed by atoms with E-state index in [0.717, 1.165) is 0 Å². The van der Waals surface area contributed by atoms with Crippen molar-refractivity contribution in [3.05, 3.63) is 58.1 Å². The Kier molecular flexibility index (Phi) is 6.61. The van der Waals surface area contributed by atoms with E-state index in [0.29, 0.717) is 27.0 Å². The predicted molar refractivity (Wildman–Crippen MR) is 95.7 cm³/mol. The van der Waals surface area contributed by atoms with Crippen LogP contribution >= 0.6 is 23.2 Å². The summed E-state index contributed by atoms with van der Waals surface area (Å²) in [4.78, 5) is 23.6. The molecule has 0 unspecified atom stereocenters. The van der Waals surface area contributed by atoms with Gasteiger partial charge in [0.15, 0.2) is 0 Å². The highest BCUT2D eigenvalue weighted by Crippen LogP contribution is 2.22. The summed E-state index contributed by atoms with van der Waals surface area (Å²) >= 11 is 11.9. The van der Waals surface area contributed by atoms with Crippen molar-refractivity contribution < 1.29 is 14.3 Å². The molecule has 0 atom stereocenters. The lowest BCUT2D eigenvalue weighted by atomic mass is 10.1. The van der Waals surface area contributed by atoms with Gasteiger partial charge in [-0.15, -0.1) is 0 Å². The number of carbonyl (C=O) groups excluding carboxylic acids is 2. The van der Waals surface area contributed by atoms with Crippen LogP contribution in [0.4, 0.5) is 11.4 Å². The summed E-state index contributed by atoms with van der Waals surface area (Å²) in [6, 6.07) is 11.8. The molecule has 7 heteroatoms. The Morgan fingerprint density at radius 2 is 1.67 bits per heavy atom. The molecule has 2 rings (SSSR count). The molecule has 5 nitrogen and oxygen atoms in total. The van der Waals surface area contributed by atoms with Crippen LogP contribution in [-0.4, -0.2) is 25.5 Å². The lowest BCUT2D eigenvalue weighted by Crippen LogP contribution is -2.18. The van der Waals surface area contributed by atoms with Gasteiger partial charge in [0.05, 0.1) is 6.42 Å². The Labute approximate surface area is 149 Å². The number of nitrogens with one attached hydrogen (secondary N) is 2. The minimum atomic E-state index is -0.270. The minimum absolute atomic E-state index is 0.0361. The molecule has 0 aliphatic carbocycles. The van der Waals surface area contributed by atoms with E-state index in [1.54, 1.807) is 42.5 Å². The number of halogens is 2. The maximum Gasteiger partial charge on any atom is 0.250 e. The van der Waals surface area contributed by atoms with Crippen molar-refractivity contribution in [3.8, 4) is 0 Å². The van der Waals surface area contributed by atoms with Crippen LogP contribution in [0.5, 0.6) is 0 Å². The van der Waals surface area contributed by atoms with Gasteiger partial charge in [-0.1, -0.05) is 35.3 Å². The highest BCUT2D eigenvalue weighted by Gasteiger charge is 2.09. The van der Waals surface area contributed by atoms with E-state index < -0.39 is 0 Å². The lowest BCUT2D eigenvalue weighted by molar-refractivity contribution is -0.119. The van der Waals surface area contributed by atoms with E-state index in [9.17, 15) is 9.59 Å². The van der Waals surface area contributed by atoms with Crippen molar-refractivity contribution in [1.29, 1.82) is 0 Å². The van der Waals surface area contributed by atoms with Crippen LogP contribution in [0.3, 0.4) is 0 Å². The third-order valence-electron chi connectivity index (χ3n) is 3.07. The second-order valence-corrected chi connectivity index (χ2v) is 5.87. The SMILES string of the molecule is COCC(=O)Nc1cccc(NC(=O)Cc2ccc(Cl)cc2Cl)c1. The first-order valence-electron chi connectivity index (χ1n) is 7.10. The first-order valence-corrected chi connectivity index (χ1v) is 7.86. The van der Waals surface area contributed by atoms with E-state index in [2.05, 4.69) is 10.6 Å². The number of anilines is 2. The molecule has 0 heterocycles. The number of ether oxygens (including phenoxy) is 1. The first kappa shape index (κ1) is 18.3. The molecular formula is C17H16Cl2N2O3. The molecule has 0 radical (unpaired) electrons. The molecule has 24 heavy (non-hydrogen) atoms. The Hall–Kier alpha value is -2.08. The highest BCUT2D eigenvalue weighted by atomic mass is 35.5. The Bertz CT molecular complexity index is 750.